The summed E-state index contributed by atoms with van der Waals surface area (Å²) in [4.78, 5) is 35.7. The van der Waals surface area contributed by atoms with Gasteiger partial charge in [-0.1, -0.05) is 12.1 Å². The van der Waals surface area contributed by atoms with Crippen molar-refractivity contribution >= 4 is 11.9 Å². The van der Waals surface area contributed by atoms with Crippen molar-refractivity contribution in [2.75, 3.05) is 6.54 Å². The van der Waals surface area contributed by atoms with Gasteiger partial charge in [0.25, 0.3) is 5.91 Å². The Morgan fingerprint density at radius 2 is 1.93 bits per heavy atom. The summed E-state index contributed by atoms with van der Waals surface area (Å²) in [6, 6.07) is 5.67. The Kier molecular flexibility index (Phi) is 4.74. The summed E-state index contributed by atoms with van der Waals surface area (Å²) in [6.07, 6.45) is -3.86. The first-order chi connectivity index (χ1) is 13.0. The van der Waals surface area contributed by atoms with Crippen LogP contribution < -0.4 is 10.7 Å². The Bertz CT molecular complexity index is 1010. The van der Waals surface area contributed by atoms with Crippen molar-refractivity contribution in [3.05, 3.63) is 57.5 Å². The van der Waals surface area contributed by atoms with Gasteiger partial charge in [-0.25, -0.2) is 4.68 Å². The molecule has 1 aromatic heterocycles. The third-order valence-corrected chi connectivity index (χ3v) is 4.65. The number of rotatable bonds is 5. The second-order valence-corrected chi connectivity index (χ2v) is 6.69. The number of hydrogen-bond donors (Lipinski definition) is 2. The van der Waals surface area contributed by atoms with E-state index in [-0.39, 0.29) is 17.9 Å². The van der Waals surface area contributed by atoms with Crippen LogP contribution in [0.5, 0.6) is 0 Å². The van der Waals surface area contributed by atoms with E-state index in [0.29, 0.717) is 12.8 Å². The first kappa shape index (κ1) is 19.6. The highest BCUT2D eigenvalue weighted by atomic mass is 19.4. The van der Waals surface area contributed by atoms with Gasteiger partial charge in [0.2, 0.25) is 5.43 Å². The van der Waals surface area contributed by atoms with E-state index in [0.717, 1.165) is 16.8 Å². The lowest BCUT2D eigenvalue weighted by atomic mass is 10.1. The number of nitrogens with zero attached hydrogens (tertiary/aromatic N) is 2. The molecular formula is C18H16F3N3O4. The third-order valence-electron chi connectivity index (χ3n) is 4.65. The van der Waals surface area contributed by atoms with Gasteiger partial charge in [0.1, 0.15) is 0 Å². The number of nitrogens with one attached hydrogen (secondary N) is 1. The van der Waals surface area contributed by atoms with Crippen LogP contribution in [0.25, 0.3) is 5.69 Å². The number of halogens is 3. The van der Waals surface area contributed by atoms with Gasteiger partial charge in [-0.05, 0) is 31.9 Å². The van der Waals surface area contributed by atoms with Crippen LogP contribution in [-0.4, -0.2) is 33.3 Å². The van der Waals surface area contributed by atoms with Crippen LogP contribution in [0.3, 0.4) is 0 Å². The first-order valence-corrected chi connectivity index (χ1v) is 8.34. The summed E-state index contributed by atoms with van der Waals surface area (Å²) in [7, 11) is 0. The molecule has 1 heterocycles. The molecule has 7 nitrogen and oxygen atoms in total. The molecular weight excluding hydrogens is 379 g/mol. The average molecular weight is 395 g/mol. The van der Waals surface area contributed by atoms with Crippen molar-refractivity contribution in [1.29, 1.82) is 0 Å². The Morgan fingerprint density at radius 3 is 2.50 bits per heavy atom. The maximum Gasteiger partial charge on any atom is 0.418 e. The molecule has 0 unspecified atom stereocenters. The molecule has 0 aliphatic heterocycles. The number of carboxylic acid groups (broad SMARTS) is 1. The highest BCUT2D eigenvalue weighted by molar-refractivity contribution is 5.92. The topological polar surface area (TPSA) is 101 Å². The second kappa shape index (κ2) is 6.77. The fourth-order valence-corrected chi connectivity index (χ4v) is 2.80. The number of aromatic nitrogens is 2. The molecule has 1 aliphatic carbocycles. The Balaban J connectivity index is 1.97. The molecule has 148 valence electrons. The molecule has 1 fully saturated rings. The zero-order chi connectivity index (χ0) is 20.7. The number of aryl methyl sites for hydroxylation is 1. The molecule has 1 saturated carbocycles. The molecule has 0 radical (unpaired) electrons. The number of carboxylic acids is 1. The van der Waals surface area contributed by atoms with E-state index in [4.69, 9.17) is 5.11 Å². The van der Waals surface area contributed by atoms with Crippen LogP contribution >= 0.6 is 0 Å². The van der Waals surface area contributed by atoms with E-state index in [9.17, 15) is 27.6 Å². The highest BCUT2D eigenvalue weighted by Gasteiger charge is 2.50. The van der Waals surface area contributed by atoms with Gasteiger partial charge in [0.05, 0.1) is 16.7 Å². The highest BCUT2D eigenvalue weighted by Crippen LogP contribution is 2.45. The average Bonchev–Trinajstić information content (AvgIpc) is 3.40. The summed E-state index contributed by atoms with van der Waals surface area (Å²) in [5, 5.41) is 15.3. The van der Waals surface area contributed by atoms with Crippen molar-refractivity contribution < 1.29 is 27.9 Å². The second-order valence-electron chi connectivity index (χ2n) is 6.69. The van der Waals surface area contributed by atoms with Crippen molar-refractivity contribution in [1.82, 2.24) is 15.1 Å². The molecule has 0 saturated heterocycles. The smallest absolute Gasteiger partial charge is 0.418 e. The molecule has 28 heavy (non-hydrogen) atoms. The summed E-state index contributed by atoms with van der Waals surface area (Å²) in [5.41, 5.74) is -3.61. The van der Waals surface area contributed by atoms with Crippen LogP contribution in [0.15, 0.2) is 35.1 Å². The molecule has 10 heteroatoms. The molecule has 0 atom stereocenters. The lowest BCUT2D eigenvalue weighted by Gasteiger charge is -2.17. The van der Waals surface area contributed by atoms with E-state index in [1.54, 1.807) is 0 Å². The molecule has 1 aromatic carbocycles. The first-order valence-electron chi connectivity index (χ1n) is 8.34. The number of amides is 1. The fraction of sp³-hybridized carbons (Fsp3) is 0.333. The van der Waals surface area contributed by atoms with Crippen LogP contribution in [0.2, 0.25) is 0 Å². The Labute approximate surface area is 156 Å². The van der Waals surface area contributed by atoms with E-state index in [1.165, 1.54) is 25.1 Å². The third kappa shape index (κ3) is 3.62. The van der Waals surface area contributed by atoms with Crippen molar-refractivity contribution in [2.24, 2.45) is 5.41 Å². The maximum atomic E-state index is 13.3. The number of carbonyl (C=O) groups excluding carboxylic acids is 1. The molecule has 1 aliphatic rings. The van der Waals surface area contributed by atoms with Gasteiger partial charge in [-0.2, -0.15) is 18.3 Å². The zero-order valence-electron chi connectivity index (χ0n) is 14.7. The molecule has 0 spiro atoms. The van der Waals surface area contributed by atoms with Gasteiger partial charge in [-0.15, -0.1) is 0 Å². The summed E-state index contributed by atoms with van der Waals surface area (Å²) in [6.45, 7) is 1.21. The zero-order valence-corrected chi connectivity index (χ0v) is 14.7. The fourth-order valence-electron chi connectivity index (χ4n) is 2.80. The number of benzene rings is 1. The van der Waals surface area contributed by atoms with Crippen molar-refractivity contribution in [3.63, 3.8) is 0 Å². The molecule has 0 bridgehead atoms. The molecule has 1 amide bonds. The molecule has 3 rings (SSSR count). The number of aliphatic carboxylic acids is 1. The number of hydrogen-bond acceptors (Lipinski definition) is 4. The van der Waals surface area contributed by atoms with E-state index >= 15 is 0 Å². The standard InChI is InChI=1S/C18H16F3N3O4/c1-10-8-13(25)14(15(26)22-9-17(6-7-17)16(27)28)23-24(10)12-5-3-2-4-11(12)18(19,20)21/h2-5,8H,6-7,9H2,1H3,(H,22,26)(H,27,28). The minimum atomic E-state index is -4.66. The van der Waals surface area contributed by atoms with Gasteiger partial charge in [-0.3, -0.25) is 14.4 Å². The lowest BCUT2D eigenvalue weighted by Crippen LogP contribution is -2.37. The van der Waals surface area contributed by atoms with Gasteiger partial charge >= 0.3 is 12.1 Å². The largest absolute Gasteiger partial charge is 0.481 e. The number of carbonyl (C=O) groups is 2. The monoisotopic (exact) mass is 395 g/mol. The van der Waals surface area contributed by atoms with Gasteiger partial charge < -0.3 is 10.4 Å². The van der Waals surface area contributed by atoms with Crippen LogP contribution in [0, 0.1) is 12.3 Å². The maximum absolute atomic E-state index is 13.3. The SMILES string of the molecule is Cc1cc(=O)c(C(=O)NCC2(C(=O)O)CC2)nn1-c1ccccc1C(F)(F)F. The minimum absolute atomic E-state index is 0.113. The summed E-state index contributed by atoms with van der Waals surface area (Å²) in [5.74, 6) is -1.99. The lowest BCUT2D eigenvalue weighted by molar-refractivity contribution is -0.143. The van der Waals surface area contributed by atoms with Crippen molar-refractivity contribution in [2.45, 2.75) is 25.9 Å². The molecule has 2 aromatic rings. The van der Waals surface area contributed by atoms with Crippen LogP contribution in [-0.2, 0) is 11.0 Å². The molecule has 2 N–H and O–H groups in total. The predicted octanol–water partition coefficient (Wildman–Crippen LogP) is 2.15. The summed E-state index contributed by atoms with van der Waals surface area (Å²) >= 11 is 0. The number of para-hydroxylation sites is 1. The van der Waals surface area contributed by atoms with E-state index in [2.05, 4.69) is 10.4 Å². The Hall–Kier alpha value is -3.17. The number of alkyl halides is 3. The van der Waals surface area contributed by atoms with Crippen molar-refractivity contribution in [3.8, 4) is 5.69 Å². The van der Waals surface area contributed by atoms with E-state index < -0.39 is 40.2 Å². The summed E-state index contributed by atoms with van der Waals surface area (Å²) < 4.78 is 40.8. The minimum Gasteiger partial charge on any atom is -0.481 e. The quantitative estimate of drug-likeness (QED) is 0.808. The van der Waals surface area contributed by atoms with Crippen LogP contribution in [0.1, 0.15) is 34.6 Å². The van der Waals surface area contributed by atoms with Gasteiger partial charge in [0, 0.05) is 18.3 Å². The van der Waals surface area contributed by atoms with E-state index in [1.807, 2.05) is 0 Å². The predicted molar refractivity (Wildman–Crippen MR) is 91.2 cm³/mol. The Morgan fingerprint density at radius 1 is 1.29 bits per heavy atom. The van der Waals surface area contributed by atoms with Gasteiger partial charge in [0.15, 0.2) is 5.69 Å². The van der Waals surface area contributed by atoms with Crippen LogP contribution in [0.4, 0.5) is 13.2 Å². The normalized spacial score (nSPS) is 15.1.